The molecule has 0 saturated carbocycles. The van der Waals surface area contributed by atoms with E-state index in [1.807, 2.05) is 41.0 Å². The van der Waals surface area contributed by atoms with Crippen molar-refractivity contribution in [2.75, 3.05) is 5.32 Å². The zero-order chi connectivity index (χ0) is 17.9. The number of nitrogens with zero attached hydrogens (tertiary/aromatic N) is 4. The Bertz CT molecular complexity index is 1070. The number of nitrogens with two attached hydrogens (primary N) is 1. The molecule has 0 spiro atoms. The molecule has 4 rings (SSSR count). The molecule has 7 heteroatoms. The molecule has 3 N–H and O–H groups in total. The molecule has 1 amide bonds. The van der Waals surface area contributed by atoms with Gasteiger partial charge in [-0.2, -0.15) is 0 Å². The van der Waals surface area contributed by atoms with Gasteiger partial charge >= 0.3 is 0 Å². The van der Waals surface area contributed by atoms with Gasteiger partial charge in [0.05, 0.1) is 0 Å². The highest BCUT2D eigenvalue weighted by atomic mass is 16.1. The van der Waals surface area contributed by atoms with Crippen LogP contribution in [0, 0.1) is 0 Å². The molecule has 0 bridgehead atoms. The van der Waals surface area contributed by atoms with Gasteiger partial charge in [0.1, 0.15) is 12.7 Å². The highest BCUT2D eigenvalue weighted by molar-refractivity contribution is 5.93. The number of amides is 1. The van der Waals surface area contributed by atoms with E-state index >= 15 is 0 Å². The molecule has 2 aromatic heterocycles. The summed E-state index contributed by atoms with van der Waals surface area (Å²) in [4.78, 5) is 24.4. The molecule has 26 heavy (non-hydrogen) atoms. The van der Waals surface area contributed by atoms with Crippen molar-refractivity contribution in [1.29, 1.82) is 0 Å². The van der Waals surface area contributed by atoms with Gasteiger partial charge in [0.25, 0.3) is 0 Å². The van der Waals surface area contributed by atoms with Gasteiger partial charge in [-0.1, -0.05) is 30.3 Å². The maximum absolute atomic E-state index is 11.3. The number of imidazole rings is 1. The minimum atomic E-state index is -0.446. The zero-order valence-corrected chi connectivity index (χ0v) is 13.8. The van der Waals surface area contributed by atoms with Crippen LogP contribution in [0.25, 0.3) is 16.9 Å². The third-order valence-corrected chi connectivity index (χ3v) is 4.04. The van der Waals surface area contributed by atoms with Crippen LogP contribution in [0.2, 0.25) is 0 Å². The van der Waals surface area contributed by atoms with Crippen LogP contribution in [-0.4, -0.2) is 25.4 Å². The van der Waals surface area contributed by atoms with E-state index in [-0.39, 0.29) is 0 Å². The van der Waals surface area contributed by atoms with Gasteiger partial charge in [0.2, 0.25) is 5.91 Å². The number of rotatable bonds is 5. The number of nitrogens with one attached hydrogen (secondary N) is 1. The first-order valence-corrected chi connectivity index (χ1v) is 8.08. The van der Waals surface area contributed by atoms with Crippen molar-refractivity contribution in [1.82, 2.24) is 19.5 Å². The number of para-hydroxylation sites is 1. The van der Waals surface area contributed by atoms with Crippen LogP contribution in [0.15, 0.2) is 67.3 Å². The van der Waals surface area contributed by atoms with Gasteiger partial charge in [-0.05, 0) is 29.8 Å². The number of anilines is 1. The maximum atomic E-state index is 11.3. The second kappa shape index (κ2) is 6.64. The average Bonchev–Trinajstić information content (AvgIpc) is 3.12. The van der Waals surface area contributed by atoms with Gasteiger partial charge in [-0.15, -0.1) is 0 Å². The summed E-state index contributed by atoms with van der Waals surface area (Å²) >= 11 is 0. The van der Waals surface area contributed by atoms with Crippen LogP contribution in [0.5, 0.6) is 0 Å². The van der Waals surface area contributed by atoms with E-state index in [9.17, 15) is 4.79 Å². The number of carbonyl (C=O) groups excluding carboxylic acids is 1. The topological polar surface area (TPSA) is 98.7 Å². The molecule has 0 saturated heterocycles. The standard InChI is InChI=1S/C19H16N6O/c20-17(26)14-6-4-5-13(9-14)10-21-18-16-19(23-11-22-18)25(12-24-16)15-7-2-1-3-8-15/h1-9,11-12H,10H2,(H2,20,26)(H,21,22,23). The molecule has 2 heterocycles. The minimum absolute atomic E-state index is 0.446. The van der Waals surface area contributed by atoms with Gasteiger partial charge in [-0.3, -0.25) is 9.36 Å². The van der Waals surface area contributed by atoms with Crippen molar-refractivity contribution in [2.45, 2.75) is 6.54 Å². The number of fused-ring (bicyclic) bond motifs is 1. The Kier molecular flexibility index (Phi) is 4.03. The van der Waals surface area contributed by atoms with Crippen LogP contribution in [0.1, 0.15) is 15.9 Å². The second-order valence-electron chi connectivity index (χ2n) is 5.76. The molecule has 128 valence electrons. The SMILES string of the molecule is NC(=O)c1cccc(CNc2ncnc3c2ncn3-c2ccccc2)c1. The smallest absolute Gasteiger partial charge is 0.248 e. The lowest BCUT2D eigenvalue weighted by atomic mass is 10.1. The van der Waals surface area contributed by atoms with Crippen LogP contribution in [0.3, 0.4) is 0 Å². The van der Waals surface area contributed by atoms with Gasteiger partial charge in [-0.25, -0.2) is 15.0 Å². The Labute approximate surface area is 149 Å². The normalized spacial score (nSPS) is 10.8. The number of aromatic nitrogens is 4. The molecule has 0 aliphatic heterocycles. The van der Waals surface area contributed by atoms with E-state index in [1.165, 1.54) is 6.33 Å². The molecule has 0 unspecified atom stereocenters. The third-order valence-electron chi connectivity index (χ3n) is 4.04. The van der Waals surface area contributed by atoms with Crippen molar-refractivity contribution >= 4 is 22.9 Å². The molecule has 7 nitrogen and oxygen atoms in total. The van der Waals surface area contributed by atoms with Gasteiger partial charge in [0, 0.05) is 17.8 Å². The van der Waals surface area contributed by atoms with E-state index < -0.39 is 5.91 Å². The molecule has 4 aromatic rings. The summed E-state index contributed by atoms with van der Waals surface area (Å²) in [6, 6.07) is 17.0. The summed E-state index contributed by atoms with van der Waals surface area (Å²) in [6.07, 6.45) is 3.24. The average molecular weight is 344 g/mol. The lowest BCUT2D eigenvalue weighted by Crippen LogP contribution is -2.11. The van der Waals surface area contributed by atoms with Gasteiger partial charge in [0.15, 0.2) is 17.0 Å². The summed E-state index contributed by atoms with van der Waals surface area (Å²) in [6.45, 7) is 0.491. The summed E-state index contributed by atoms with van der Waals surface area (Å²) < 4.78 is 1.91. The lowest BCUT2D eigenvalue weighted by molar-refractivity contribution is 0.1000. The van der Waals surface area contributed by atoms with E-state index in [4.69, 9.17) is 5.73 Å². The van der Waals surface area contributed by atoms with Crippen molar-refractivity contribution in [3.05, 3.63) is 78.4 Å². The predicted octanol–water partition coefficient (Wildman–Crippen LogP) is 2.53. The molecule has 0 fully saturated rings. The summed E-state index contributed by atoms with van der Waals surface area (Å²) in [5.74, 6) is 0.187. The Morgan fingerprint density at radius 3 is 2.69 bits per heavy atom. The molecule has 0 atom stereocenters. The Morgan fingerprint density at radius 2 is 1.88 bits per heavy atom. The van der Waals surface area contributed by atoms with E-state index in [2.05, 4.69) is 20.3 Å². The minimum Gasteiger partial charge on any atom is -0.366 e. The third kappa shape index (κ3) is 2.98. The molecule has 0 aliphatic carbocycles. The number of hydrogen-bond donors (Lipinski definition) is 2. The largest absolute Gasteiger partial charge is 0.366 e. The fraction of sp³-hybridized carbons (Fsp3) is 0.0526. The molecular formula is C19H16N6O. The summed E-state index contributed by atoms with van der Waals surface area (Å²) in [7, 11) is 0. The van der Waals surface area contributed by atoms with Crippen molar-refractivity contribution in [3.63, 3.8) is 0 Å². The number of hydrogen-bond acceptors (Lipinski definition) is 5. The zero-order valence-electron chi connectivity index (χ0n) is 13.8. The summed E-state index contributed by atoms with van der Waals surface area (Å²) in [5, 5.41) is 3.26. The fourth-order valence-electron chi connectivity index (χ4n) is 2.76. The van der Waals surface area contributed by atoms with Crippen LogP contribution in [-0.2, 0) is 6.54 Å². The molecule has 2 aromatic carbocycles. The first-order valence-electron chi connectivity index (χ1n) is 8.08. The lowest BCUT2D eigenvalue weighted by Gasteiger charge is -2.07. The van der Waals surface area contributed by atoms with Crippen molar-refractivity contribution < 1.29 is 4.79 Å². The van der Waals surface area contributed by atoms with Crippen molar-refractivity contribution in [3.8, 4) is 5.69 Å². The number of carbonyl (C=O) groups is 1. The highest BCUT2D eigenvalue weighted by Crippen LogP contribution is 2.21. The van der Waals surface area contributed by atoms with Crippen LogP contribution < -0.4 is 11.1 Å². The quantitative estimate of drug-likeness (QED) is 0.580. The molecule has 0 radical (unpaired) electrons. The van der Waals surface area contributed by atoms with E-state index in [0.29, 0.717) is 23.4 Å². The highest BCUT2D eigenvalue weighted by Gasteiger charge is 2.11. The predicted molar refractivity (Wildman–Crippen MR) is 98.9 cm³/mol. The fourth-order valence-corrected chi connectivity index (χ4v) is 2.76. The first-order chi connectivity index (χ1) is 12.7. The van der Waals surface area contributed by atoms with Crippen molar-refractivity contribution in [2.24, 2.45) is 5.73 Å². The monoisotopic (exact) mass is 344 g/mol. The van der Waals surface area contributed by atoms with Gasteiger partial charge < -0.3 is 11.1 Å². The Hall–Kier alpha value is -3.74. The number of primary amides is 1. The molecular weight excluding hydrogens is 328 g/mol. The van der Waals surface area contributed by atoms with E-state index in [1.54, 1.807) is 24.5 Å². The van der Waals surface area contributed by atoms with Crippen LogP contribution in [0.4, 0.5) is 5.82 Å². The molecule has 0 aliphatic rings. The first kappa shape index (κ1) is 15.8. The summed E-state index contributed by atoms with van der Waals surface area (Å²) in [5.41, 5.74) is 9.12. The maximum Gasteiger partial charge on any atom is 0.248 e. The number of benzene rings is 2. The van der Waals surface area contributed by atoms with E-state index in [0.717, 1.165) is 16.9 Å². The second-order valence-corrected chi connectivity index (χ2v) is 5.76. The Balaban J connectivity index is 1.63. The van der Waals surface area contributed by atoms with Crippen LogP contribution >= 0.6 is 0 Å². The Morgan fingerprint density at radius 1 is 1.04 bits per heavy atom.